The van der Waals surface area contributed by atoms with Crippen LogP contribution in [0.5, 0.6) is 11.6 Å². The molecule has 0 aliphatic carbocycles. The summed E-state index contributed by atoms with van der Waals surface area (Å²) in [6.07, 6.45) is 4.82. The highest BCUT2D eigenvalue weighted by molar-refractivity contribution is 6.42. The van der Waals surface area contributed by atoms with Gasteiger partial charge in [0, 0.05) is 11.6 Å². The zero-order valence-electron chi connectivity index (χ0n) is 14.3. The molecule has 0 bridgehead atoms. The van der Waals surface area contributed by atoms with E-state index in [0.717, 1.165) is 16.6 Å². The van der Waals surface area contributed by atoms with Crippen molar-refractivity contribution in [2.75, 3.05) is 0 Å². The van der Waals surface area contributed by atoms with Crippen molar-refractivity contribution >= 4 is 45.1 Å². The van der Waals surface area contributed by atoms with Crippen LogP contribution in [-0.2, 0) is 0 Å². The first-order valence-electron chi connectivity index (χ1n) is 8.36. The van der Waals surface area contributed by atoms with Gasteiger partial charge in [-0.2, -0.15) is 5.10 Å². The van der Waals surface area contributed by atoms with Crippen molar-refractivity contribution in [3.05, 3.63) is 77.3 Å². The average Bonchev–Trinajstić information content (AvgIpc) is 3.16. The first-order chi connectivity index (χ1) is 13.7. The lowest BCUT2D eigenvalue weighted by molar-refractivity contribution is 0.472. The molecule has 0 saturated heterocycles. The van der Waals surface area contributed by atoms with Crippen LogP contribution in [0.25, 0.3) is 27.6 Å². The van der Waals surface area contributed by atoms with Gasteiger partial charge in [0.15, 0.2) is 11.4 Å². The Kier molecular flexibility index (Phi) is 4.07. The van der Waals surface area contributed by atoms with E-state index in [1.165, 1.54) is 6.33 Å². The van der Waals surface area contributed by atoms with Gasteiger partial charge in [-0.25, -0.2) is 14.6 Å². The van der Waals surface area contributed by atoms with Crippen molar-refractivity contribution in [2.45, 2.75) is 0 Å². The first-order valence-corrected chi connectivity index (χ1v) is 9.12. The fourth-order valence-corrected chi connectivity index (χ4v) is 3.26. The molecule has 0 fully saturated rings. The van der Waals surface area contributed by atoms with E-state index in [1.807, 2.05) is 36.4 Å². The molecule has 6 nitrogen and oxygen atoms in total. The highest BCUT2D eigenvalue weighted by Gasteiger charge is 2.15. The largest absolute Gasteiger partial charge is 0.436 e. The van der Waals surface area contributed by atoms with Crippen LogP contribution in [0.2, 0.25) is 10.0 Å². The summed E-state index contributed by atoms with van der Waals surface area (Å²) < 4.78 is 7.74. The fraction of sp³-hybridized carbons (Fsp3) is 0. The van der Waals surface area contributed by atoms with Crippen LogP contribution in [0.1, 0.15) is 0 Å². The molecule has 2 aromatic carbocycles. The molecule has 0 radical (unpaired) electrons. The molecular weight excluding hydrogens is 397 g/mol. The minimum absolute atomic E-state index is 0.398. The average molecular weight is 408 g/mol. The quantitative estimate of drug-likeness (QED) is 0.397. The van der Waals surface area contributed by atoms with Crippen molar-refractivity contribution in [3.8, 4) is 17.3 Å². The molecule has 0 N–H and O–H groups in total. The van der Waals surface area contributed by atoms with Gasteiger partial charge in [-0.1, -0.05) is 41.4 Å². The molecule has 5 aromatic rings. The van der Waals surface area contributed by atoms with E-state index in [2.05, 4.69) is 20.1 Å². The summed E-state index contributed by atoms with van der Waals surface area (Å²) >= 11 is 12.1. The molecule has 0 unspecified atom stereocenters. The monoisotopic (exact) mass is 407 g/mol. The summed E-state index contributed by atoms with van der Waals surface area (Å²) in [5.74, 6) is 1.01. The molecular formula is C20H11Cl2N5O. The predicted octanol–water partition coefficient (Wildman–Crippen LogP) is 5.46. The smallest absolute Gasteiger partial charge is 0.233 e. The molecule has 3 aromatic heterocycles. The SMILES string of the molecule is Clc1ccc(-n2ncc3c(Oc4cccc5cccnc45)ncnc32)cc1Cl. The fourth-order valence-electron chi connectivity index (χ4n) is 2.97. The number of halogens is 2. The normalized spacial score (nSPS) is 11.2. The van der Waals surface area contributed by atoms with Gasteiger partial charge in [0.2, 0.25) is 5.88 Å². The molecule has 8 heteroatoms. The topological polar surface area (TPSA) is 65.7 Å². The second kappa shape index (κ2) is 6.74. The molecule has 5 rings (SSSR count). The number of hydrogen-bond donors (Lipinski definition) is 0. The summed E-state index contributed by atoms with van der Waals surface area (Å²) in [5.41, 5.74) is 2.09. The number of hydrogen-bond acceptors (Lipinski definition) is 5. The number of fused-ring (bicyclic) bond motifs is 2. The lowest BCUT2D eigenvalue weighted by Gasteiger charge is -2.08. The Morgan fingerprint density at radius 2 is 1.79 bits per heavy atom. The van der Waals surface area contributed by atoms with E-state index in [-0.39, 0.29) is 0 Å². The minimum Gasteiger partial charge on any atom is -0.436 e. The Balaban J connectivity index is 1.61. The van der Waals surface area contributed by atoms with Crippen molar-refractivity contribution < 1.29 is 4.74 Å². The number of benzene rings is 2. The van der Waals surface area contributed by atoms with Crippen LogP contribution in [-0.4, -0.2) is 24.7 Å². The van der Waals surface area contributed by atoms with Gasteiger partial charge in [-0.3, -0.25) is 4.98 Å². The van der Waals surface area contributed by atoms with E-state index < -0.39 is 0 Å². The predicted molar refractivity (Wildman–Crippen MR) is 108 cm³/mol. The highest BCUT2D eigenvalue weighted by Crippen LogP contribution is 2.32. The number of para-hydroxylation sites is 1. The Hall–Kier alpha value is -3.22. The van der Waals surface area contributed by atoms with Gasteiger partial charge < -0.3 is 4.74 Å². The van der Waals surface area contributed by atoms with Crippen LogP contribution in [0, 0.1) is 0 Å². The number of ether oxygens (including phenoxy) is 1. The maximum Gasteiger partial charge on any atom is 0.233 e. The summed E-state index contributed by atoms with van der Waals surface area (Å²) in [7, 11) is 0. The summed E-state index contributed by atoms with van der Waals surface area (Å²) in [6, 6.07) is 14.9. The van der Waals surface area contributed by atoms with Gasteiger partial charge in [0.05, 0.1) is 21.9 Å². The van der Waals surface area contributed by atoms with Crippen LogP contribution >= 0.6 is 23.2 Å². The Labute approximate surface area is 169 Å². The van der Waals surface area contributed by atoms with Gasteiger partial charge in [0.1, 0.15) is 17.2 Å². The van der Waals surface area contributed by atoms with Gasteiger partial charge >= 0.3 is 0 Å². The maximum absolute atomic E-state index is 6.14. The summed E-state index contributed by atoms with van der Waals surface area (Å²) in [5, 5.41) is 6.98. The van der Waals surface area contributed by atoms with E-state index >= 15 is 0 Å². The Morgan fingerprint density at radius 1 is 0.893 bits per heavy atom. The lowest BCUT2D eigenvalue weighted by atomic mass is 10.2. The molecule has 0 spiro atoms. The van der Waals surface area contributed by atoms with Crippen molar-refractivity contribution in [1.29, 1.82) is 0 Å². The molecule has 0 amide bonds. The van der Waals surface area contributed by atoms with E-state index in [1.54, 1.807) is 29.2 Å². The second-order valence-corrected chi connectivity index (χ2v) is 6.82. The Morgan fingerprint density at radius 3 is 2.68 bits per heavy atom. The molecule has 0 saturated carbocycles. The zero-order chi connectivity index (χ0) is 19.1. The maximum atomic E-state index is 6.14. The molecule has 0 aliphatic rings. The highest BCUT2D eigenvalue weighted by atomic mass is 35.5. The Bertz CT molecular complexity index is 1330. The minimum atomic E-state index is 0.398. The van der Waals surface area contributed by atoms with Crippen molar-refractivity contribution in [3.63, 3.8) is 0 Å². The molecule has 0 aliphatic heterocycles. The molecule has 136 valence electrons. The number of rotatable bonds is 3. The van der Waals surface area contributed by atoms with E-state index in [4.69, 9.17) is 27.9 Å². The summed E-state index contributed by atoms with van der Waals surface area (Å²) in [4.78, 5) is 13.0. The summed E-state index contributed by atoms with van der Waals surface area (Å²) in [6.45, 7) is 0. The third kappa shape index (κ3) is 2.83. The third-order valence-electron chi connectivity index (χ3n) is 4.28. The van der Waals surface area contributed by atoms with Crippen LogP contribution < -0.4 is 4.74 Å². The number of nitrogens with zero attached hydrogens (tertiary/aromatic N) is 5. The first kappa shape index (κ1) is 16.9. The zero-order valence-corrected chi connectivity index (χ0v) is 15.8. The van der Waals surface area contributed by atoms with Crippen molar-refractivity contribution in [1.82, 2.24) is 24.7 Å². The standard InChI is InChI=1S/C20H11Cl2N5O/c21-15-7-6-13(9-16(15)22)27-19-14(10-26-27)20(25-11-24-19)28-17-5-1-3-12-4-2-8-23-18(12)17/h1-11H. The number of pyridine rings is 1. The molecule has 0 atom stereocenters. The second-order valence-electron chi connectivity index (χ2n) is 6.00. The van der Waals surface area contributed by atoms with Gasteiger partial charge in [-0.15, -0.1) is 0 Å². The van der Waals surface area contributed by atoms with E-state index in [9.17, 15) is 0 Å². The van der Waals surface area contributed by atoms with Crippen LogP contribution in [0.3, 0.4) is 0 Å². The van der Waals surface area contributed by atoms with Crippen LogP contribution in [0.15, 0.2) is 67.3 Å². The van der Waals surface area contributed by atoms with Crippen molar-refractivity contribution in [2.24, 2.45) is 0 Å². The third-order valence-corrected chi connectivity index (χ3v) is 5.02. The number of aromatic nitrogens is 5. The molecule has 28 heavy (non-hydrogen) atoms. The van der Waals surface area contributed by atoms with Gasteiger partial charge in [0.25, 0.3) is 0 Å². The van der Waals surface area contributed by atoms with Crippen LogP contribution in [0.4, 0.5) is 0 Å². The lowest BCUT2D eigenvalue weighted by Crippen LogP contribution is -1.98. The van der Waals surface area contributed by atoms with Gasteiger partial charge in [-0.05, 0) is 30.3 Å². The molecule has 3 heterocycles. The van der Waals surface area contributed by atoms with E-state index in [0.29, 0.717) is 32.7 Å².